The Kier molecular flexibility index (Phi) is 8.79. The smallest absolute Gasteiger partial charge is 0.282 e. The number of hydrogen-bond acceptors (Lipinski definition) is 5. The van der Waals surface area contributed by atoms with E-state index < -0.39 is 0 Å². The molecular formula is C27H23Br2ClN4O3. The average molecular weight is 647 g/mol. The molecule has 1 N–H and O–H groups in total. The van der Waals surface area contributed by atoms with Gasteiger partial charge in [-0.1, -0.05) is 52.7 Å². The molecule has 0 radical (unpaired) electrons. The standard InChI is InChI=1S/C27H23Br2ClN4O3/c1-3-6-24-32-23-10-9-18(28)13-19(23)27(36)34(24)31-14-17-11-20(29)26(21(30)12-17)37-15-25(35)33-22-8-5-4-7-16(22)2/h4-5,7-14H,3,6,15H2,1-2H3,(H,33,35). The lowest BCUT2D eigenvalue weighted by atomic mass is 10.2. The number of nitrogens with one attached hydrogen (secondary N) is 1. The molecule has 3 aromatic carbocycles. The van der Waals surface area contributed by atoms with E-state index in [2.05, 4.69) is 47.3 Å². The highest BCUT2D eigenvalue weighted by Gasteiger charge is 2.13. The van der Waals surface area contributed by atoms with E-state index in [1.807, 2.05) is 50.2 Å². The highest BCUT2D eigenvalue weighted by atomic mass is 79.9. The van der Waals surface area contributed by atoms with E-state index in [1.54, 1.807) is 18.2 Å². The van der Waals surface area contributed by atoms with Crippen LogP contribution in [0.15, 0.2) is 73.4 Å². The van der Waals surface area contributed by atoms with Gasteiger partial charge in [0.2, 0.25) is 0 Å². The first-order chi connectivity index (χ1) is 17.8. The normalized spacial score (nSPS) is 11.3. The van der Waals surface area contributed by atoms with Crippen LogP contribution >= 0.6 is 43.5 Å². The van der Waals surface area contributed by atoms with Crippen LogP contribution in [0.1, 0.15) is 30.3 Å². The van der Waals surface area contributed by atoms with Crippen molar-refractivity contribution in [2.75, 3.05) is 11.9 Å². The van der Waals surface area contributed by atoms with Gasteiger partial charge >= 0.3 is 0 Å². The van der Waals surface area contributed by atoms with Crippen molar-refractivity contribution in [1.29, 1.82) is 0 Å². The van der Waals surface area contributed by atoms with Crippen molar-refractivity contribution in [3.05, 3.63) is 95.9 Å². The first kappa shape index (κ1) is 27.0. The third-order valence-corrected chi connectivity index (χ3v) is 6.82. The minimum Gasteiger partial charge on any atom is -0.481 e. The van der Waals surface area contributed by atoms with Crippen LogP contribution in [0, 0.1) is 6.92 Å². The lowest BCUT2D eigenvalue weighted by molar-refractivity contribution is -0.118. The summed E-state index contributed by atoms with van der Waals surface area (Å²) in [5, 5.41) is 8.02. The predicted molar refractivity (Wildman–Crippen MR) is 155 cm³/mol. The van der Waals surface area contributed by atoms with Gasteiger partial charge in [-0.2, -0.15) is 9.78 Å². The first-order valence-corrected chi connectivity index (χ1v) is 13.5. The second kappa shape index (κ2) is 12.0. The van der Waals surface area contributed by atoms with Gasteiger partial charge in [0.05, 0.1) is 26.6 Å². The molecule has 1 heterocycles. The van der Waals surface area contributed by atoms with Crippen molar-refractivity contribution in [3.8, 4) is 5.75 Å². The molecule has 0 aliphatic carbocycles. The van der Waals surface area contributed by atoms with Gasteiger partial charge < -0.3 is 10.1 Å². The first-order valence-electron chi connectivity index (χ1n) is 11.5. The Labute approximate surface area is 235 Å². The van der Waals surface area contributed by atoms with Gasteiger partial charge in [0.1, 0.15) is 5.82 Å². The molecule has 190 valence electrons. The zero-order valence-corrected chi connectivity index (χ0v) is 24.0. The number of rotatable bonds is 8. The summed E-state index contributed by atoms with van der Waals surface area (Å²) < 4.78 is 8.34. The van der Waals surface area contributed by atoms with Crippen molar-refractivity contribution in [1.82, 2.24) is 9.66 Å². The fraction of sp³-hybridized carbons (Fsp3) is 0.185. The molecule has 0 saturated carbocycles. The Hall–Kier alpha value is -3.01. The van der Waals surface area contributed by atoms with Crippen LogP contribution in [0.25, 0.3) is 10.9 Å². The summed E-state index contributed by atoms with van der Waals surface area (Å²) in [4.78, 5) is 30.2. The van der Waals surface area contributed by atoms with Crippen LogP contribution < -0.4 is 15.6 Å². The van der Waals surface area contributed by atoms with Crippen LogP contribution in [0.3, 0.4) is 0 Å². The third kappa shape index (κ3) is 6.47. The number of anilines is 1. The van der Waals surface area contributed by atoms with E-state index in [-0.39, 0.29) is 18.1 Å². The van der Waals surface area contributed by atoms with Gasteiger partial charge in [0.15, 0.2) is 12.4 Å². The SMILES string of the molecule is CCCc1nc2ccc(Br)cc2c(=O)n1N=Cc1cc(Cl)c(OCC(=O)Nc2ccccc2C)c(Br)c1. The summed E-state index contributed by atoms with van der Waals surface area (Å²) in [5.74, 6) is 0.601. The number of hydrogen-bond donors (Lipinski definition) is 1. The largest absolute Gasteiger partial charge is 0.481 e. The van der Waals surface area contributed by atoms with Crippen LogP contribution in [0.2, 0.25) is 5.02 Å². The number of carbonyl (C=O) groups excluding carboxylic acids is 1. The van der Waals surface area contributed by atoms with Gasteiger partial charge in [0, 0.05) is 16.6 Å². The van der Waals surface area contributed by atoms with E-state index in [0.717, 1.165) is 22.1 Å². The number of ether oxygens (including phenoxy) is 1. The molecule has 0 fully saturated rings. The molecule has 4 aromatic rings. The summed E-state index contributed by atoms with van der Waals surface area (Å²) >= 11 is 13.3. The maximum Gasteiger partial charge on any atom is 0.282 e. The molecule has 1 aromatic heterocycles. The Morgan fingerprint density at radius 2 is 1.97 bits per heavy atom. The number of benzene rings is 3. The van der Waals surface area contributed by atoms with E-state index in [4.69, 9.17) is 16.3 Å². The maximum atomic E-state index is 13.2. The van der Waals surface area contributed by atoms with Crippen molar-refractivity contribution in [3.63, 3.8) is 0 Å². The van der Waals surface area contributed by atoms with Gasteiger partial charge in [-0.3, -0.25) is 9.59 Å². The number of amides is 1. The summed E-state index contributed by atoms with van der Waals surface area (Å²) in [6.45, 7) is 3.72. The summed E-state index contributed by atoms with van der Waals surface area (Å²) in [6.07, 6.45) is 2.95. The number of halogens is 3. The molecule has 0 bridgehead atoms. The van der Waals surface area contributed by atoms with Crippen LogP contribution in [-0.4, -0.2) is 28.4 Å². The van der Waals surface area contributed by atoms with Crippen molar-refractivity contribution in [2.24, 2.45) is 5.10 Å². The lowest BCUT2D eigenvalue weighted by Gasteiger charge is -2.12. The fourth-order valence-electron chi connectivity index (χ4n) is 3.65. The molecule has 0 saturated heterocycles. The highest BCUT2D eigenvalue weighted by molar-refractivity contribution is 9.10. The number of fused-ring (bicyclic) bond motifs is 1. The number of para-hydroxylation sites is 1. The molecule has 0 aliphatic rings. The van der Waals surface area contributed by atoms with E-state index in [0.29, 0.717) is 44.0 Å². The molecule has 0 unspecified atom stereocenters. The third-order valence-electron chi connectivity index (χ3n) is 5.46. The average Bonchev–Trinajstić information content (AvgIpc) is 2.85. The zero-order valence-electron chi connectivity index (χ0n) is 20.1. The fourth-order valence-corrected chi connectivity index (χ4v) is 5.00. The molecule has 37 heavy (non-hydrogen) atoms. The molecule has 0 spiro atoms. The molecular weight excluding hydrogens is 624 g/mol. The minimum atomic E-state index is -0.304. The molecule has 0 atom stereocenters. The Morgan fingerprint density at radius 3 is 2.70 bits per heavy atom. The Morgan fingerprint density at radius 1 is 1.19 bits per heavy atom. The van der Waals surface area contributed by atoms with Crippen molar-refractivity contribution in [2.45, 2.75) is 26.7 Å². The predicted octanol–water partition coefficient (Wildman–Crippen LogP) is 6.74. The van der Waals surface area contributed by atoms with Crippen molar-refractivity contribution < 1.29 is 9.53 Å². The topological polar surface area (TPSA) is 85.6 Å². The Bertz CT molecular complexity index is 1550. The Balaban J connectivity index is 1.55. The molecule has 10 heteroatoms. The zero-order chi connectivity index (χ0) is 26.5. The van der Waals surface area contributed by atoms with Gasteiger partial charge in [-0.15, -0.1) is 0 Å². The van der Waals surface area contributed by atoms with E-state index in [9.17, 15) is 9.59 Å². The van der Waals surface area contributed by atoms with Crippen LogP contribution in [0.4, 0.5) is 5.69 Å². The van der Waals surface area contributed by atoms with Gasteiger partial charge in [0.25, 0.3) is 11.5 Å². The van der Waals surface area contributed by atoms with E-state index >= 15 is 0 Å². The number of aryl methyl sites for hydroxylation is 2. The quantitative estimate of drug-likeness (QED) is 0.215. The van der Waals surface area contributed by atoms with Crippen molar-refractivity contribution >= 4 is 72.2 Å². The molecule has 1 amide bonds. The highest BCUT2D eigenvalue weighted by Crippen LogP contribution is 2.34. The second-order valence-corrected chi connectivity index (χ2v) is 10.4. The molecule has 4 rings (SSSR count). The lowest BCUT2D eigenvalue weighted by Crippen LogP contribution is -2.22. The second-order valence-electron chi connectivity index (χ2n) is 8.27. The maximum absolute atomic E-state index is 13.2. The number of carbonyl (C=O) groups is 1. The van der Waals surface area contributed by atoms with Crippen LogP contribution in [0.5, 0.6) is 5.75 Å². The van der Waals surface area contributed by atoms with Gasteiger partial charge in [-0.25, -0.2) is 4.98 Å². The monoisotopic (exact) mass is 644 g/mol. The van der Waals surface area contributed by atoms with Gasteiger partial charge in [-0.05, 0) is 76.8 Å². The molecule has 0 aliphatic heterocycles. The van der Waals surface area contributed by atoms with E-state index in [1.165, 1.54) is 10.9 Å². The minimum absolute atomic E-state index is 0.214. The van der Waals surface area contributed by atoms with Crippen LogP contribution in [-0.2, 0) is 11.2 Å². The summed E-state index contributed by atoms with van der Waals surface area (Å²) in [6, 6.07) is 16.3. The summed E-state index contributed by atoms with van der Waals surface area (Å²) in [7, 11) is 0. The number of aromatic nitrogens is 2. The molecule has 7 nitrogen and oxygen atoms in total. The number of nitrogens with zero attached hydrogens (tertiary/aromatic N) is 3. The summed E-state index contributed by atoms with van der Waals surface area (Å²) in [5.41, 5.74) is 2.69.